The van der Waals surface area contributed by atoms with Crippen LogP contribution in [0.1, 0.15) is 66.9 Å². The number of fused-ring (bicyclic) bond motifs is 1. The zero-order chi connectivity index (χ0) is 31.2. The normalized spacial score (nSPS) is 21.7. The highest BCUT2D eigenvalue weighted by Crippen LogP contribution is 2.33. The fourth-order valence-electron chi connectivity index (χ4n) is 7.02. The average molecular weight is 603 g/mol. The number of carbonyl (C=O) groups is 2. The molecular weight excluding hydrogens is 556 g/mol. The first kappa shape index (κ1) is 31.0. The number of carbonyl (C=O) groups excluding carboxylic acids is 2. The Morgan fingerprint density at radius 2 is 1.56 bits per heavy atom. The van der Waals surface area contributed by atoms with Gasteiger partial charge >= 0.3 is 0 Å². The summed E-state index contributed by atoms with van der Waals surface area (Å²) in [5.41, 5.74) is 3.22. The third-order valence-electron chi connectivity index (χ3n) is 9.51. The van der Waals surface area contributed by atoms with Crippen LogP contribution in [0.5, 0.6) is 0 Å². The molecule has 2 amide bonds. The Morgan fingerprint density at radius 1 is 0.911 bits per heavy atom. The third-order valence-corrected chi connectivity index (χ3v) is 9.51. The van der Waals surface area contributed by atoms with E-state index in [-0.39, 0.29) is 35.4 Å². The highest BCUT2D eigenvalue weighted by molar-refractivity contribution is 5.98. The van der Waals surface area contributed by atoms with Gasteiger partial charge in [-0.15, -0.1) is 0 Å². The molecule has 6 nitrogen and oxygen atoms in total. The highest BCUT2D eigenvalue weighted by atomic mass is 16.2. The van der Waals surface area contributed by atoms with Crippen molar-refractivity contribution in [3.63, 3.8) is 0 Å². The summed E-state index contributed by atoms with van der Waals surface area (Å²) in [6, 6.07) is 34.6. The Labute approximate surface area is 267 Å². The van der Waals surface area contributed by atoms with Crippen LogP contribution in [0.15, 0.2) is 103 Å². The molecule has 45 heavy (non-hydrogen) atoms. The summed E-state index contributed by atoms with van der Waals surface area (Å²) in [5.74, 6) is 0.761. The fraction of sp³-hybridized carbons (Fsp3) is 0.385. The Hall–Kier alpha value is -4.00. The molecule has 0 bridgehead atoms. The molecule has 3 atom stereocenters. The minimum Gasteiger partial charge on any atom is -0.350 e. The van der Waals surface area contributed by atoms with Crippen molar-refractivity contribution in [2.75, 3.05) is 26.2 Å². The summed E-state index contributed by atoms with van der Waals surface area (Å²) in [6.45, 7) is 7.28. The van der Waals surface area contributed by atoms with Crippen molar-refractivity contribution >= 4 is 22.6 Å². The van der Waals surface area contributed by atoms with Gasteiger partial charge in [-0.25, -0.2) is 0 Å². The van der Waals surface area contributed by atoms with Crippen molar-refractivity contribution in [3.05, 3.63) is 120 Å². The SMILES string of the molecule is CC(C)CC1(CC[C@@H]2N[C@H](CNC(=O)c3ccc4ccccc4c3)CCN(CC(c3ccccc3)c3ccccc3)C2=O)CN1. The van der Waals surface area contributed by atoms with Gasteiger partial charge in [0.1, 0.15) is 0 Å². The quantitative estimate of drug-likeness (QED) is 0.171. The minimum absolute atomic E-state index is 0.00605. The molecule has 4 aromatic carbocycles. The number of nitrogens with one attached hydrogen (secondary N) is 3. The lowest BCUT2D eigenvalue weighted by molar-refractivity contribution is -0.133. The Morgan fingerprint density at radius 3 is 2.20 bits per heavy atom. The number of amides is 2. The zero-order valence-electron chi connectivity index (χ0n) is 26.5. The van der Waals surface area contributed by atoms with Crippen molar-refractivity contribution in [1.82, 2.24) is 20.9 Å². The highest BCUT2D eigenvalue weighted by Gasteiger charge is 2.43. The lowest BCUT2D eigenvalue weighted by atomic mass is 9.89. The molecule has 234 valence electrons. The maximum atomic E-state index is 14.3. The van der Waals surface area contributed by atoms with E-state index in [1.807, 2.05) is 48.5 Å². The number of benzene rings is 4. The van der Waals surface area contributed by atoms with Gasteiger partial charge in [-0.3, -0.25) is 9.59 Å². The molecule has 6 heteroatoms. The van der Waals surface area contributed by atoms with Crippen LogP contribution < -0.4 is 16.0 Å². The Balaban J connectivity index is 1.19. The molecule has 2 saturated heterocycles. The Bertz CT molecular complexity index is 1550. The van der Waals surface area contributed by atoms with E-state index in [0.29, 0.717) is 31.1 Å². The Kier molecular flexibility index (Phi) is 9.62. The predicted octanol–water partition coefficient (Wildman–Crippen LogP) is 6.13. The van der Waals surface area contributed by atoms with E-state index in [1.54, 1.807) is 0 Å². The molecule has 6 rings (SSSR count). The first-order chi connectivity index (χ1) is 21.9. The van der Waals surface area contributed by atoms with Gasteiger partial charge in [-0.2, -0.15) is 0 Å². The van der Waals surface area contributed by atoms with Gasteiger partial charge in [-0.05, 0) is 65.6 Å². The van der Waals surface area contributed by atoms with E-state index >= 15 is 0 Å². The molecule has 3 N–H and O–H groups in total. The maximum Gasteiger partial charge on any atom is 0.251 e. The van der Waals surface area contributed by atoms with Gasteiger partial charge in [0.2, 0.25) is 5.91 Å². The van der Waals surface area contributed by atoms with E-state index in [4.69, 9.17) is 0 Å². The molecule has 4 aromatic rings. The molecule has 0 aromatic heterocycles. The second-order valence-corrected chi connectivity index (χ2v) is 13.4. The summed E-state index contributed by atoms with van der Waals surface area (Å²) < 4.78 is 0. The van der Waals surface area contributed by atoms with Gasteiger partial charge in [0.15, 0.2) is 0 Å². The van der Waals surface area contributed by atoms with Crippen molar-refractivity contribution < 1.29 is 9.59 Å². The maximum absolute atomic E-state index is 14.3. The molecule has 0 radical (unpaired) electrons. The van der Waals surface area contributed by atoms with Crippen molar-refractivity contribution in [2.45, 2.75) is 63.1 Å². The second kappa shape index (κ2) is 14.0. The van der Waals surface area contributed by atoms with Crippen LogP contribution in [0.2, 0.25) is 0 Å². The molecule has 0 saturated carbocycles. The van der Waals surface area contributed by atoms with Gasteiger partial charge in [0.05, 0.1) is 6.04 Å². The molecule has 0 spiro atoms. The summed E-state index contributed by atoms with van der Waals surface area (Å²) in [7, 11) is 0. The van der Waals surface area contributed by atoms with Crippen LogP contribution in [-0.4, -0.2) is 60.5 Å². The number of hydrogen-bond acceptors (Lipinski definition) is 4. The van der Waals surface area contributed by atoms with Crippen LogP contribution in [0, 0.1) is 5.92 Å². The summed E-state index contributed by atoms with van der Waals surface area (Å²) in [6.07, 6.45) is 3.61. The first-order valence-electron chi connectivity index (χ1n) is 16.6. The standard InChI is InChI=1S/C39H46N4O2/c1-28(2)24-39(27-41-39)21-19-36-38(45)43(26-35(30-12-5-3-6-13-30)31-14-7-4-8-15-31)22-20-34(42-36)25-40-37(44)33-18-17-29-11-9-10-16-32(29)23-33/h3-18,23,28,34-36,41-42H,19-22,24-27H2,1-2H3,(H,40,44)/t34-,36-,39?/m0/s1. The number of nitrogens with zero attached hydrogens (tertiary/aromatic N) is 1. The first-order valence-corrected chi connectivity index (χ1v) is 16.6. The van der Waals surface area contributed by atoms with Gasteiger partial charge in [-0.1, -0.05) is 105 Å². The monoisotopic (exact) mass is 602 g/mol. The van der Waals surface area contributed by atoms with Crippen LogP contribution in [0.4, 0.5) is 0 Å². The smallest absolute Gasteiger partial charge is 0.251 e. The van der Waals surface area contributed by atoms with Gasteiger partial charge < -0.3 is 20.9 Å². The summed E-state index contributed by atoms with van der Waals surface area (Å²) in [4.78, 5) is 29.6. The largest absolute Gasteiger partial charge is 0.350 e. The van der Waals surface area contributed by atoms with Crippen LogP contribution in [0.3, 0.4) is 0 Å². The lowest BCUT2D eigenvalue weighted by Gasteiger charge is -2.30. The van der Waals surface area contributed by atoms with Gasteiger partial charge in [0, 0.05) is 49.2 Å². The van der Waals surface area contributed by atoms with Crippen molar-refractivity contribution in [2.24, 2.45) is 5.92 Å². The molecule has 1 unspecified atom stereocenters. The number of hydrogen-bond donors (Lipinski definition) is 3. The minimum atomic E-state index is -0.297. The molecule has 2 fully saturated rings. The van der Waals surface area contributed by atoms with E-state index in [0.717, 1.165) is 43.0 Å². The fourth-order valence-corrected chi connectivity index (χ4v) is 7.02. The molecule has 2 aliphatic heterocycles. The molecule has 2 aliphatic rings. The van der Waals surface area contributed by atoms with E-state index in [9.17, 15) is 9.59 Å². The molecular formula is C39H46N4O2. The van der Waals surface area contributed by atoms with E-state index in [2.05, 4.69) is 89.3 Å². The van der Waals surface area contributed by atoms with E-state index in [1.165, 1.54) is 11.1 Å². The van der Waals surface area contributed by atoms with Crippen molar-refractivity contribution in [3.8, 4) is 0 Å². The summed E-state index contributed by atoms with van der Waals surface area (Å²) in [5, 5.41) is 12.7. The molecule has 0 aliphatic carbocycles. The lowest BCUT2D eigenvalue weighted by Crippen LogP contribution is -2.49. The topological polar surface area (TPSA) is 83.4 Å². The third kappa shape index (κ3) is 7.81. The predicted molar refractivity (Wildman–Crippen MR) is 182 cm³/mol. The van der Waals surface area contributed by atoms with E-state index < -0.39 is 0 Å². The van der Waals surface area contributed by atoms with Gasteiger partial charge in [0.25, 0.3) is 5.91 Å². The second-order valence-electron chi connectivity index (χ2n) is 13.4. The van der Waals surface area contributed by atoms with Crippen LogP contribution >= 0.6 is 0 Å². The average Bonchev–Trinajstić information content (AvgIpc) is 3.85. The number of rotatable bonds is 12. The van der Waals surface area contributed by atoms with Crippen LogP contribution in [0.25, 0.3) is 10.8 Å². The summed E-state index contributed by atoms with van der Waals surface area (Å²) >= 11 is 0. The zero-order valence-corrected chi connectivity index (χ0v) is 26.5. The molecule has 2 heterocycles. The van der Waals surface area contributed by atoms with Crippen molar-refractivity contribution in [1.29, 1.82) is 0 Å². The van der Waals surface area contributed by atoms with Crippen LogP contribution in [-0.2, 0) is 4.79 Å².